The molecule has 1 unspecified atom stereocenters. The van der Waals surface area contributed by atoms with E-state index in [1.165, 1.54) is 4.31 Å². The van der Waals surface area contributed by atoms with Crippen molar-refractivity contribution < 1.29 is 22.7 Å². The number of sulfonamides is 1. The highest BCUT2D eigenvalue weighted by atomic mass is 32.2. The van der Waals surface area contributed by atoms with Crippen molar-refractivity contribution in [2.24, 2.45) is 0 Å². The topological polar surface area (TPSA) is 96.0 Å². The van der Waals surface area contributed by atoms with Crippen molar-refractivity contribution in [2.45, 2.75) is 57.0 Å². The van der Waals surface area contributed by atoms with Gasteiger partial charge < -0.3 is 15.0 Å². The smallest absolute Gasteiger partial charge is 0.243 e. The molecule has 2 aromatic rings. The third-order valence-corrected chi connectivity index (χ3v) is 8.20. The number of hydrogen-bond acceptors (Lipinski definition) is 5. The zero-order chi connectivity index (χ0) is 25.4. The Bertz CT molecular complexity index is 1090. The predicted octanol–water partition coefficient (Wildman–Crippen LogP) is 2.97. The lowest BCUT2D eigenvalue weighted by Crippen LogP contribution is -2.47. The van der Waals surface area contributed by atoms with Gasteiger partial charge in [-0.1, -0.05) is 24.3 Å². The van der Waals surface area contributed by atoms with E-state index in [0.717, 1.165) is 29.7 Å². The van der Waals surface area contributed by atoms with E-state index in [1.807, 2.05) is 31.2 Å². The molecule has 190 valence electrons. The molecule has 1 heterocycles. The molecule has 2 amide bonds. The van der Waals surface area contributed by atoms with Gasteiger partial charge in [0.15, 0.2) is 0 Å². The molecule has 1 N–H and O–H groups in total. The number of rotatable bonds is 11. The summed E-state index contributed by atoms with van der Waals surface area (Å²) >= 11 is 0. The molecule has 1 aliphatic heterocycles. The quantitative estimate of drug-likeness (QED) is 0.511. The Hall–Kier alpha value is -2.91. The summed E-state index contributed by atoms with van der Waals surface area (Å²) in [5.74, 6) is 0.373. The van der Waals surface area contributed by atoms with E-state index >= 15 is 0 Å². The van der Waals surface area contributed by atoms with Gasteiger partial charge in [-0.2, -0.15) is 4.31 Å². The van der Waals surface area contributed by atoms with Crippen molar-refractivity contribution >= 4 is 21.8 Å². The fourth-order valence-corrected chi connectivity index (χ4v) is 5.65. The molecule has 0 aromatic heterocycles. The molecule has 1 saturated heterocycles. The van der Waals surface area contributed by atoms with Crippen LogP contribution in [0.3, 0.4) is 0 Å². The third kappa shape index (κ3) is 6.82. The van der Waals surface area contributed by atoms with Crippen LogP contribution < -0.4 is 10.1 Å². The molecule has 1 fully saturated rings. The Morgan fingerprint density at radius 1 is 1.03 bits per heavy atom. The van der Waals surface area contributed by atoms with Gasteiger partial charge >= 0.3 is 0 Å². The number of carbonyl (C=O) groups excluding carboxylic acids is 2. The lowest BCUT2D eigenvalue weighted by molar-refractivity contribution is -0.140. The molecule has 0 aliphatic carbocycles. The van der Waals surface area contributed by atoms with Gasteiger partial charge in [-0.15, -0.1) is 0 Å². The van der Waals surface area contributed by atoms with Crippen molar-refractivity contribution in [1.29, 1.82) is 0 Å². The van der Waals surface area contributed by atoms with E-state index in [-0.39, 0.29) is 23.1 Å². The summed E-state index contributed by atoms with van der Waals surface area (Å²) in [5, 5.41) is 2.79. The van der Waals surface area contributed by atoms with E-state index < -0.39 is 16.1 Å². The van der Waals surface area contributed by atoms with Gasteiger partial charge in [-0.05, 0) is 68.5 Å². The van der Waals surface area contributed by atoms with Crippen molar-refractivity contribution in [3.8, 4) is 5.75 Å². The zero-order valence-corrected chi connectivity index (χ0v) is 21.5. The first-order valence-electron chi connectivity index (χ1n) is 12.1. The van der Waals surface area contributed by atoms with Gasteiger partial charge in [0.05, 0.1) is 12.0 Å². The summed E-state index contributed by atoms with van der Waals surface area (Å²) in [6.07, 6.45) is 2.44. The maximum atomic E-state index is 13.2. The molecule has 2 aromatic carbocycles. The highest BCUT2D eigenvalue weighted by Gasteiger charge is 2.28. The molecule has 0 bridgehead atoms. The Balaban J connectivity index is 1.68. The van der Waals surface area contributed by atoms with Gasteiger partial charge in [0.25, 0.3) is 0 Å². The molecular weight excluding hydrogens is 466 g/mol. The molecular formula is C26H35N3O5S. The minimum absolute atomic E-state index is 0.145. The molecule has 35 heavy (non-hydrogen) atoms. The number of nitrogens with zero attached hydrogens (tertiary/aromatic N) is 2. The van der Waals surface area contributed by atoms with Crippen LogP contribution in [0.4, 0.5) is 0 Å². The second-order valence-corrected chi connectivity index (χ2v) is 10.6. The molecule has 3 rings (SSSR count). The maximum Gasteiger partial charge on any atom is 0.243 e. The summed E-state index contributed by atoms with van der Waals surface area (Å²) in [7, 11) is -1.87. The van der Waals surface area contributed by atoms with E-state index in [2.05, 4.69) is 5.32 Å². The number of benzene rings is 2. The van der Waals surface area contributed by atoms with Crippen LogP contribution in [0.1, 0.15) is 44.2 Å². The van der Waals surface area contributed by atoms with E-state index in [0.29, 0.717) is 32.6 Å². The first-order chi connectivity index (χ1) is 16.8. The number of methoxy groups -OCH3 is 1. The van der Waals surface area contributed by atoms with Gasteiger partial charge in [-0.3, -0.25) is 9.59 Å². The summed E-state index contributed by atoms with van der Waals surface area (Å²) in [4.78, 5) is 27.6. The van der Waals surface area contributed by atoms with E-state index in [9.17, 15) is 18.0 Å². The first kappa shape index (κ1) is 26.7. The Labute approximate surface area is 208 Å². The molecule has 9 heteroatoms. The second-order valence-electron chi connectivity index (χ2n) is 8.70. The van der Waals surface area contributed by atoms with Crippen molar-refractivity contribution in [2.75, 3.05) is 26.7 Å². The molecule has 1 atom stereocenters. The fourth-order valence-electron chi connectivity index (χ4n) is 4.13. The SMILES string of the molecule is CCNC(=O)C(C)N(Cc1ccc(OC)cc1)C(=O)CCc1ccc(S(=O)(=O)N2CCCC2)cc1. The van der Waals surface area contributed by atoms with Crippen LogP contribution in [-0.2, 0) is 32.6 Å². The summed E-state index contributed by atoms with van der Waals surface area (Å²) < 4.78 is 32.2. The van der Waals surface area contributed by atoms with E-state index in [1.54, 1.807) is 43.2 Å². The van der Waals surface area contributed by atoms with Crippen molar-refractivity contribution in [3.63, 3.8) is 0 Å². The lowest BCUT2D eigenvalue weighted by Gasteiger charge is -2.29. The fraction of sp³-hybridized carbons (Fsp3) is 0.462. The van der Waals surface area contributed by atoms with Gasteiger partial charge in [-0.25, -0.2) is 8.42 Å². The minimum atomic E-state index is -3.46. The standard InChI is InChI=1S/C26H35N3O5S/c1-4-27-26(31)20(2)29(19-22-7-12-23(34-3)13-8-22)25(30)16-11-21-9-14-24(15-10-21)35(32,33)28-17-5-6-18-28/h7-10,12-15,20H,4-6,11,16-19H2,1-3H3,(H,27,31). The van der Waals surface area contributed by atoms with Crippen LogP contribution in [0.15, 0.2) is 53.4 Å². The normalized spacial score (nSPS) is 14.9. The summed E-state index contributed by atoms with van der Waals surface area (Å²) in [6.45, 7) is 5.48. The average Bonchev–Trinajstić information content (AvgIpc) is 3.42. The van der Waals surface area contributed by atoms with Gasteiger partial charge in [0.1, 0.15) is 11.8 Å². The summed E-state index contributed by atoms with van der Waals surface area (Å²) in [6, 6.07) is 13.5. The van der Waals surface area contributed by atoms with Gasteiger partial charge in [0.2, 0.25) is 21.8 Å². The zero-order valence-electron chi connectivity index (χ0n) is 20.7. The lowest BCUT2D eigenvalue weighted by atomic mass is 10.1. The van der Waals surface area contributed by atoms with Crippen LogP contribution in [0.2, 0.25) is 0 Å². The number of nitrogens with one attached hydrogen (secondary N) is 1. The third-order valence-electron chi connectivity index (χ3n) is 6.28. The van der Waals surface area contributed by atoms with Crippen LogP contribution in [-0.4, -0.2) is 62.2 Å². The molecule has 1 aliphatic rings. The molecule has 0 spiro atoms. The number of hydrogen-bond donors (Lipinski definition) is 1. The average molecular weight is 502 g/mol. The van der Waals surface area contributed by atoms with E-state index in [4.69, 9.17) is 4.74 Å². The van der Waals surface area contributed by atoms with Crippen molar-refractivity contribution in [1.82, 2.24) is 14.5 Å². The maximum absolute atomic E-state index is 13.2. The number of amides is 2. The minimum Gasteiger partial charge on any atom is -0.497 e. The second kappa shape index (κ2) is 12.2. The Kier molecular flexibility index (Phi) is 9.28. The van der Waals surface area contributed by atoms with Gasteiger partial charge in [0, 0.05) is 32.6 Å². The molecule has 8 nitrogen and oxygen atoms in total. The van der Waals surface area contributed by atoms with Crippen LogP contribution in [0.5, 0.6) is 5.75 Å². The number of carbonyl (C=O) groups is 2. The monoisotopic (exact) mass is 501 g/mol. The Morgan fingerprint density at radius 3 is 2.20 bits per heavy atom. The highest BCUT2D eigenvalue weighted by Crippen LogP contribution is 2.22. The number of ether oxygens (including phenoxy) is 1. The molecule has 0 radical (unpaired) electrons. The highest BCUT2D eigenvalue weighted by molar-refractivity contribution is 7.89. The summed E-state index contributed by atoms with van der Waals surface area (Å²) in [5.41, 5.74) is 1.76. The van der Waals surface area contributed by atoms with Crippen LogP contribution >= 0.6 is 0 Å². The molecule has 0 saturated carbocycles. The Morgan fingerprint density at radius 2 is 1.63 bits per heavy atom. The number of aryl methyl sites for hydroxylation is 1. The van der Waals surface area contributed by atoms with Crippen LogP contribution in [0.25, 0.3) is 0 Å². The van der Waals surface area contributed by atoms with Crippen molar-refractivity contribution in [3.05, 3.63) is 59.7 Å². The van der Waals surface area contributed by atoms with Crippen LogP contribution in [0, 0.1) is 0 Å². The largest absolute Gasteiger partial charge is 0.497 e. The predicted molar refractivity (Wildman–Crippen MR) is 134 cm³/mol. The number of likely N-dealkylation sites (N-methyl/N-ethyl adjacent to an activating group) is 1. The first-order valence-corrected chi connectivity index (χ1v) is 13.5.